The van der Waals surface area contributed by atoms with Crippen molar-refractivity contribution in [3.05, 3.63) is 59.2 Å². The molecule has 6 nitrogen and oxygen atoms in total. The molecule has 0 atom stereocenters. The third kappa shape index (κ3) is 3.32. The fourth-order valence-corrected chi connectivity index (χ4v) is 3.44. The van der Waals surface area contributed by atoms with Gasteiger partial charge < -0.3 is 10.4 Å². The molecule has 0 spiro atoms. The number of Topliss-reactive ketones (excluding diaryl/α,β-unsaturated/α-hetero) is 2. The van der Waals surface area contributed by atoms with E-state index < -0.39 is 0 Å². The summed E-state index contributed by atoms with van der Waals surface area (Å²) in [7, 11) is 0. The summed E-state index contributed by atoms with van der Waals surface area (Å²) in [6.07, 6.45) is 0.326. The first-order chi connectivity index (χ1) is 12.0. The molecule has 1 aliphatic carbocycles. The molecule has 0 radical (unpaired) electrons. The number of benzene rings is 2. The van der Waals surface area contributed by atoms with Crippen molar-refractivity contribution in [3.8, 4) is 0 Å². The van der Waals surface area contributed by atoms with Crippen LogP contribution in [0.3, 0.4) is 0 Å². The van der Waals surface area contributed by atoms with Gasteiger partial charge in [-0.2, -0.15) is 0 Å². The summed E-state index contributed by atoms with van der Waals surface area (Å²) in [5.74, 6) is -0.566. The van der Waals surface area contributed by atoms with Crippen LogP contribution in [0, 0.1) is 0 Å². The lowest BCUT2D eigenvalue weighted by molar-refractivity contribution is 0.105. The Hall–Kier alpha value is -2.93. The van der Waals surface area contributed by atoms with Crippen molar-refractivity contribution < 1.29 is 20.0 Å². The quantitative estimate of drug-likeness (QED) is 0.379. The molecule has 0 bridgehead atoms. The Kier molecular flexibility index (Phi) is 4.67. The predicted octanol–water partition coefficient (Wildman–Crippen LogP) is 3.44. The normalized spacial score (nSPS) is 15.5. The number of ketones is 2. The largest absolute Gasteiger partial charge is 0.411 e. The lowest BCUT2D eigenvalue weighted by atomic mass is 10.1. The van der Waals surface area contributed by atoms with Crippen LogP contribution in [-0.4, -0.2) is 33.4 Å². The van der Waals surface area contributed by atoms with Crippen LogP contribution in [-0.2, 0) is 6.42 Å². The first-order valence-electron chi connectivity index (χ1n) is 7.43. The number of rotatable bonds is 4. The van der Waals surface area contributed by atoms with Crippen molar-refractivity contribution in [1.29, 1.82) is 0 Å². The van der Waals surface area contributed by atoms with Gasteiger partial charge in [-0.25, -0.2) is 0 Å². The van der Waals surface area contributed by atoms with E-state index in [1.165, 1.54) is 18.7 Å². The fraction of sp³-hybridized carbons (Fsp3) is 0.111. The Bertz CT molecular complexity index is 917. The van der Waals surface area contributed by atoms with Gasteiger partial charge in [-0.05, 0) is 55.0 Å². The van der Waals surface area contributed by atoms with E-state index in [1.54, 1.807) is 18.2 Å². The molecule has 0 fully saturated rings. The van der Waals surface area contributed by atoms with E-state index in [0.29, 0.717) is 17.5 Å². The van der Waals surface area contributed by atoms with Crippen LogP contribution in [0.5, 0.6) is 0 Å². The molecule has 0 heterocycles. The maximum absolute atomic E-state index is 11.9. The van der Waals surface area contributed by atoms with E-state index >= 15 is 0 Å². The molecule has 0 amide bonds. The van der Waals surface area contributed by atoms with Gasteiger partial charge in [-0.15, -0.1) is 0 Å². The molecule has 0 aliphatic heterocycles. The first kappa shape index (κ1) is 16.9. The summed E-state index contributed by atoms with van der Waals surface area (Å²) in [4.78, 5) is 25.7. The van der Waals surface area contributed by atoms with E-state index in [1.807, 2.05) is 24.3 Å². The summed E-state index contributed by atoms with van der Waals surface area (Å²) >= 11 is 1.49. The van der Waals surface area contributed by atoms with Crippen LogP contribution < -0.4 is 0 Å². The minimum absolute atomic E-state index is 0.0324. The minimum Gasteiger partial charge on any atom is -0.411 e. The van der Waals surface area contributed by atoms with Gasteiger partial charge in [0, 0.05) is 27.3 Å². The first-order valence-corrected chi connectivity index (χ1v) is 8.25. The molecule has 1 aliphatic rings. The summed E-state index contributed by atoms with van der Waals surface area (Å²) in [5, 5.41) is 23.5. The Morgan fingerprint density at radius 1 is 1.08 bits per heavy atom. The van der Waals surface area contributed by atoms with Crippen molar-refractivity contribution in [2.75, 3.05) is 0 Å². The summed E-state index contributed by atoms with van der Waals surface area (Å²) in [6, 6.07) is 12.4. The van der Waals surface area contributed by atoms with Crippen LogP contribution in [0.2, 0.25) is 0 Å². The average molecular weight is 354 g/mol. The second-order valence-electron chi connectivity index (χ2n) is 5.51. The fourth-order valence-electron chi connectivity index (χ4n) is 2.56. The molecule has 0 aromatic heterocycles. The number of hydrogen-bond acceptors (Lipinski definition) is 7. The van der Waals surface area contributed by atoms with Crippen molar-refractivity contribution >= 4 is 34.8 Å². The zero-order chi connectivity index (χ0) is 18.0. The average Bonchev–Trinajstić information content (AvgIpc) is 2.96. The van der Waals surface area contributed by atoms with Crippen LogP contribution in [0.25, 0.3) is 0 Å². The third-order valence-electron chi connectivity index (χ3n) is 3.89. The SMILES string of the molecule is C/C(=N/O)C(=O)c1ccc(Sc2ccc3c(c2)C/C(=N/O)C3=O)cc1. The van der Waals surface area contributed by atoms with Gasteiger partial charge in [0.05, 0.1) is 0 Å². The lowest BCUT2D eigenvalue weighted by Gasteiger charge is -2.05. The Balaban J connectivity index is 1.78. The van der Waals surface area contributed by atoms with Crippen molar-refractivity contribution in [2.24, 2.45) is 10.3 Å². The highest BCUT2D eigenvalue weighted by atomic mass is 32.2. The lowest BCUT2D eigenvalue weighted by Crippen LogP contribution is -2.10. The molecule has 126 valence electrons. The second kappa shape index (κ2) is 6.90. The van der Waals surface area contributed by atoms with Gasteiger partial charge in [0.15, 0.2) is 0 Å². The molecular weight excluding hydrogens is 340 g/mol. The molecule has 7 heteroatoms. The van der Waals surface area contributed by atoms with Crippen molar-refractivity contribution in [1.82, 2.24) is 0 Å². The Morgan fingerprint density at radius 3 is 2.40 bits per heavy atom. The Morgan fingerprint density at radius 2 is 1.76 bits per heavy atom. The highest BCUT2D eigenvalue weighted by molar-refractivity contribution is 7.99. The highest BCUT2D eigenvalue weighted by Crippen LogP contribution is 2.31. The predicted molar refractivity (Wildman–Crippen MR) is 93.5 cm³/mol. The van der Waals surface area contributed by atoms with Crippen LogP contribution in [0.1, 0.15) is 33.2 Å². The van der Waals surface area contributed by atoms with Gasteiger partial charge >= 0.3 is 0 Å². The number of nitrogens with zero attached hydrogens (tertiary/aromatic N) is 2. The molecule has 2 aromatic rings. The molecule has 3 rings (SSSR count). The monoisotopic (exact) mass is 354 g/mol. The summed E-state index contributed by atoms with van der Waals surface area (Å²) in [6.45, 7) is 1.45. The number of oxime groups is 2. The number of carbonyl (C=O) groups excluding carboxylic acids is 2. The molecule has 25 heavy (non-hydrogen) atoms. The minimum atomic E-state index is -0.328. The van der Waals surface area contributed by atoms with E-state index in [-0.39, 0.29) is 23.0 Å². The topological polar surface area (TPSA) is 99.3 Å². The number of carbonyl (C=O) groups is 2. The van der Waals surface area contributed by atoms with E-state index in [2.05, 4.69) is 10.3 Å². The van der Waals surface area contributed by atoms with Crippen molar-refractivity contribution in [2.45, 2.75) is 23.1 Å². The Labute approximate surface area is 147 Å². The molecular formula is C18H14N2O4S. The number of fused-ring (bicyclic) bond motifs is 1. The molecule has 0 saturated heterocycles. The molecule has 0 saturated carbocycles. The second-order valence-corrected chi connectivity index (χ2v) is 6.66. The summed E-state index contributed by atoms with van der Waals surface area (Å²) < 4.78 is 0. The molecule has 2 aromatic carbocycles. The van der Waals surface area contributed by atoms with Gasteiger partial charge in [0.2, 0.25) is 11.6 Å². The third-order valence-corrected chi connectivity index (χ3v) is 4.89. The summed E-state index contributed by atoms with van der Waals surface area (Å²) in [5.41, 5.74) is 2.04. The molecule has 2 N–H and O–H groups in total. The smallest absolute Gasteiger partial charge is 0.211 e. The standard InChI is InChI=1S/C18H14N2O4S/c1-10(19-23)17(21)11-2-4-13(5-3-11)25-14-6-7-15-12(8-14)9-16(20-24)18(15)22/h2-8,23-24H,9H2,1H3/b19-10-,20-16-. The molecule has 0 unspecified atom stereocenters. The maximum atomic E-state index is 11.9. The van der Waals surface area contributed by atoms with Gasteiger partial charge in [-0.1, -0.05) is 22.1 Å². The van der Waals surface area contributed by atoms with Gasteiger partial charge in [0.1, 0.15) is 11.4 Å². The highest BCUT2D eigenvalue weighted by Gasteiger charge is 2.27. The van der Waals surface area contributed by atoms with E-state index in [4.69, 9.17) is 10.4 Å². The van der Waals surface area contributed by atoms with Crippen molar-refractivity contribution in [3.63, 3.8) is 0 Å². The zero-order valence-electron chi connectivity index (χ0n) is 13.3. The van der Waals surface area contributed by atoms with Gasteiger partial charge in [0.25, 0.3) is 0 Å². The van der Waals surface area contributed by atoms with Crippen LogP contribution >= 0.6 is 11.8 Å². The maximum Gasteiger partial charge on any atom is 0.211 e. The van der Waals surface area contributed by atoms with Gasteiger partial charge in [-0.3, -0.25) is 9.59 Å². The van der Waals surface area contributed by atoms with E-state index in [0.717, 1.165) is 15.4 Å². The van der Waals surface area contributed by atoms with E-state index in [9.17, 15) is 9.59 Å². The van der Waals surface area contributed by atoms with Crippen LogP contribution in [0.15, 0.2) is 62.6 Å². The van der Waals surface area contributed by atoms with Crippen LogP contribution in [0.4, 0.5) is 0 Å². The number of hydrogen-bond donors (Lipinski definition) is 2. The zero-order valence-corrected chi connectivity index (χ0v) is 14.1.